The van der Waals surface area contributed by atoms with Crippen LogP contribution in [0.4, 0.5) is 0 Å². The molecule has 0 aliphatic carbocycles. The van der Waals surface area contributed by atoms with E-state index >= 15 is 0 Å². The van der Waals surface area contributed by atoms with Crippen LogP contribution in [0, 0.1) is 0 Å². The summed E-state index contributed by atoms with van der Waals surface area (Å²) < 4.78 is 0. The molecule has 2 aromatic rings. The summed E-state index contributed by atoms with van der Waals surface area (Å²) in [5, 5.41) is 2.94. The Balaban J connectivity index is 1.77. The first-order valence-electron chi connectivity index (χ1n) is 7.01. The van der Waals surface area contributed by atoms with E-state index in [4.69, 9.17) is 0 Å². The maximum absolute atomic E-state index is 11.8. The molecular formula is C17H20N2O. The zero-order valence-corrected chi connectivity index (χ0v) is 11.8. The second kappa shape index (κ2) is 7.43. The Morgan fingerprint density at radius 1 is 1.10 bits per heavy atom. The van der Waals surface area contributed by atoms with Crippen LogP contribution in [-0.4, -0.2) is 10.9 Å². The summed E-state index contributed by atoms with van der Waals surface area (Å²) >= 11 is 0. The number of aromatic nitrogens is 1. The van der Waals surface area contributed by atoms with Gasteiger partial charge in [0.15, 0.2) is 0 Å². The SMILES string of the molecule is CCc1cncc(CNC(=O)CCc2ccccc2)c1. The minimum absolute atomic E-state index is 0.0794. The van der Waals surface area contributed by atoms with E-state index in [1.807, 2.05) is 36.5 Å². The number of carbonyl (C=O) groups is 1. The lowest BCUT2D eigenvalue weighted by Gasteiger charge is -2.06. The van der Waals surface area contributed by atoms with Gasteiger partial charge in [0.05, 0.1) is 0 Å². The van der Waals surface area contributed by atoms with Crippen LogP contribution < -0.4 is 5.32 Å². The van der Waals surface area contributed by atoms with Crippen LogP contribution in [0.1, 0.15) is 30.0 Å². The molecule has 2 rings (SSSR count). The third-order valence-corrected chi connectivity index (χ3v) is 3.23. The zero-order valence-electron chi connectivity index (χ0n) is 11.8. The van der Waals surface area contributed by atoms with Crippen molar-refractivity contribution in [1.82, 2.24) is 10.3 Å². The average molecular weight is 268 g/mol. The van der Waals surface area contributed by atoms with Crippen molar-refractivity contribution in [1.29, 1.82) is 0 Å². The van der Waals surface area contributed by atoms with Gasteiger partial charge in [-0.1, -0.05) is 43.3 Å². The van der Waals surface area contributed by atoms with Crippen molar-refractivity contribution >= 4 is 5.91 Å². The fourth-order valence-corrected chi connectivity index (χ4v) is 2.02. The van der Waals surface area contributed by atoms with E-state index in [2.05, 4.69) is 23.3 Å². The van der Waals surface area contributed by atoms with E-state index in [1.165, 1.54) is 11.1 Å². The highest BCUT2D eigenvalue weighted by Gasteiger charge is 2.03. The van der Waals surface area contributed by atoms with Gasteiger partial charge in [0.2, 0.25) is 5.91 Å². The number of rotatable bonds is 6. The number of aryl methyl sites for hydroxylation is 2. The van der Waals surface area contributed by atoms with Crippen molar-refractivity contribution < 1.29 is 4.79 Å². The lowest BCUT2D eigenvalue weighted by atomic mass is 10.1. The first kappa shape index (κ1) is 14.3. The molecule has 0 bridgehead atoms. The molecule has 3 nitrogen and oxygen atoms in total. The molecule has 1 N–H and O–H groups in total. The van der Waals surface area contributed by atoms with Gasteiger partial charge in [-0.15, -0.1) is 0 Å². The van der Waals surface area contributed by atoms with Gasteiger partial charge in [0.25, 0.3) is 0 Å². The highest BCUT2D eigenvalue weighted by Crippen LogP contribution is 2.04. The standard InChI is InChI=1S/C17H20N2O/c1-2-14-10-16(12-18-11-14)13-19-17(20)9-8-15-6-4-3-5-7-15/h3-7,10-12H,2,8-9,13H2,1H3,(H,19,20). The molecule has 0 aliphatic rings. The van der Waals surface area contributed by atoms with Crippen molar-refractivity contribution in [2.45, 2.75) is 32.7 Å². The topological polar surface area (TPSA) is 42.0 Å². The number of hydrogen-bond acceptors (Lipinski definition) is 2. The summed E-state index contributed by atoms with van der Waals surface area (Å²) in [6.45, 7) is 2.65. The van der Waals surface area contributed by atoms with E-state index in [1.54, 1.807) is 6.20 Å². The Bertz CT molecular complexity index is 552. The maximum Gasteiger partial charge on any atom is 0.220 e. The highest BCUT2D eigenvalue weighted by molar-refractivity contribution is 5.76. The minimum atomic E-state index is 0.0794. The number of pyridine rings is 1. The molecule has 1 amide bonds. The summed E-state index contributed by atoms with van der Waals surface area (Å²) in [7, 11) is 0. The quantitative estimate of drug-likeness (QED) is 0.875. The summed E-state index contributed by atoms with van der Waals surface area (Å²) in [5.41, 5.74) is 3.44. The average Bonchev–Trinajstić information content (AvgIpc) is 2.52. The molecule has 0 spiro atoms. The van der Waals surface area contributed by atoms with Crippen molar-refractivity contribution in [3.63, 3.8) is 0 Å². The molecule has 0 aliphatic heterocycles. The number of hydrogen-bond donors (Lipinski definition) is 1. The van der Waals surface area contributed by atoms with Gasteiger partial charge in [-0.3, -0.25) is 9.78 Å². The molecule has 1 aromatic heterocycles. The van der Waals surface area contributed by atoms with Crippen LogP contribution in [0.15, 0.2) is 48.8 Å². The Kier molecular flexibility index (Phi) is 5.30. The van der Waals surface area contributed by atoms with Crippen LogP contribution in [0.25, 0.3) is 0 Å². The fourth-order valence-electron chi connectivity index (χ4n) is 2.02. The largest absolute Gasteiger partial charge is 0.352 e. The molecular weight excluding hydrogens is 248 g/mol. The predicted octanol–water partition coefficient (Wildman–Crippen LogP) is 2.89. The molecule has 20 heavy (non-hydrogen) atoms. The van der Waals surface area contributed by atoms with Crippen molar-refractivity contribution in [2.75, 3.05) is 0 Å². The number of benzene rings is 1. The van der Waals surface area contributed by atoms with Gasteiger partial charge in [0, 0.05) is 25.4 Å². The second-order valence-corrected chi connectivity index (χ2v) is 4.82. The zero-order chi connectivity index (χ0) is 14.2. The Morgan fingerprint density at radius 3 is 2.60 bits per heavy atom. The van der Waals surface area contributed by atoms with Crippen LogP contribution >= 0.6 is 0 Å². The molecule has 0 radical (unpaired) electrons. The number of nitrogens with zero attached hydrogens (tertiary/aromatic N) is 1. The smallest absolute Gasteiger partial charge is 0.220 e. The molecule has 0 fully saturated rings. The third-order valence-electron chi connectivity index (χ3n) is 3.23. The summed E-state index contributed by atoms with van der Waals surface area (Å²) in [5.74, 6) is 0.0794. The molecule has 0 unspecified atom stereocenters. The van der Waals surface area contributed by atoms with Crippen LogP contribution in [0.5, 0.6) is 0 Å². The first-order chi connectivity index (χ1) is 9.78. The maximum atomic E-state index is 11.8. The van der Waals surface area contributed by atoms with Crippen LogP contribution in [-0.2, 0) is 24.2 Å². The van der Waals surface area contributed by atoms with E-state index < -0.39 is 0 Å². The van der Waals surface area contributed by atoms with E-state index in [0.717, 1.165) is 18.4 Å². The number of nitrogens with one attached hydrogen (secondary N) is 1. The van der Waals surface area contributed by atoms with Crippen molar-refractivity contribution in [3.05, 3.63) is 65.5 Å². The van der Waals surface area contributed by atoms with Crippen LogP contribution in [0.2, 0.25) is 0 Å². The molecule has 3 heteroatoms. The third kappa shape index (κ3) is 4.50. The first-order valence-corrected chi connectivity index (χ1v) is 7.01. The monoisotopic (exact) mass is 268 g/mol. The summed E-state index contributed by atoms with van der Waals surface area (Å²) in [6.07, 6.45) is 5.92. The molecule has 0 atom stereocenters. The van der Waals surface area contributed by atoms with Gasteiger partial charge in [0.1, 0.15) is 0 Å². The lowest BCUT2D eigenvalue weighted by Crippen LogP contribution is -2.23. The summed E-state index contributed by atoms with van der Waals surface area (Å²) in [4.78, 5) is 16.0. The minimum Gasteiger partial charge on any atom is -0.352 e. The molecule has 1 heterocycles. The Labute approximate surface area is 120 Å². The van der Waals surface area contributed by atoms with Gasteiger partial charge in [-0.2, -0.15) is 0 Å². The van der Waals surface area contributed by atoms with Gasteiger partial charge in [-0.25, -0.2) is 0 Å². The molecule has 0 saturated carbocycles. The van der Waals surface area contributed by atoms with Crippen LogP contribution in [0.3, 0.4) is 0 Å². The van der Waals surface area contributed by atoms with E-state index in [0.29, 0.717) is 13.0 Å². The normalized spacial score (nSPS) is 10.2. The molecule has 1 aromatic carbocycles. The number of amides is 1. The van der Waals surface area contributed by atoms with E-state index in [-0.39, 0.29) is 5.91 Å². The van der Waals surface area contributed by atoms with Crippen molar-refractivity contribution in [3.8, 4) is 0 Å². The second-order valence-electron chi connectivity index (χ2n) is 4.82. The summed E-state index contributed by atoms with van der Waals surface area (Å²) in [6, 6.07) is 12.1. The van der Waals surface area contributed by atoms with E-state index in [9.17, 15) is 4.79 Å². The number of carbonyl (C=O) groups excluding carboxylic acids is 1. The van der Waals surface area contributed by atoms with Crippen molar-refractivity contribution in [2.24, 2.45) is 0 Å². The molecule has 104 valence electrons. The van der Waals surface area contributed by atoms with Gasteiger partial charge >= 0.3 is 0 Å². The highest BCUT2D eigenvalue weighted by atomic mass is 16.1. The predicted molar refractivity (Wildman–Crippen MR) is 80.2 cm³/mol. The Hall–Kier alpha value is -2.16. The van der Waals surface area contributed by atoms with Gasteiger partial charge < -0.3 is 5.32 Å². The Morgan fingerprint density at radius 2 is 1.85 bits per heavy atom. The fraction of sp³-hybridized carbons (Fsp3) is 0.294. The molecule has 0 saturated heterocycles. The lowest BCUT2D eigenvalue weighted by molar-refractivity contribution is -0.121. The van der Waals surface area contributed by atoms with Gasteiger partial charge in [-0.05, 0) is 29.5 Å².